The van der Waals surface area contributed by atoms with Crippen LogP contribution in [-0.2, 0) is 35.6 Å². The number of alkyl halides is 3. The summed E-state index contributed by atoms with van der Waals surface area (Å²) in [5.74, 6) is 0.426. The number of rotatable bonds is 25. The second kappa shape index (κ2) is 28.3. The zero-order chi connectivity index (χ0) is 62.1. The van der Waals surface area contributed by atoms with Gasteiger partial charge in [-0.05, 0) is 78.6 Å². The van der Waals surface area contributed by atoms with Gasteiger partial charge in [0, 0.05) is 142 Å². The minimum absolute atomic E-state index is 0.112. The Kier molecular flexibility index (Phi) is 19.9. The van der Waals surface area contributed by atoms with Crippen LogP contribution < -0.4 is 25.2 Å². The van der Waals surface area contributed by atoms with Crippen molar-refractivity contribution in [1.82, 2.24) is 34.3 Å². The van der Waals surface area contributed by atoms with Crippen LogP contribution in [0.1, 0.15) is 61.6 Å². The summed E-state index contributed by atoms with van der Waals surface area (Å²) in [5, 5.41) is 18.5. The lowest BCUT2D eigenvalue weighted by atomic mass is 9.91. The number of nitrogens with zero attached hydrogens (tertiary/aromatic N) is 9. The second-order valence-electron chi connectivity index (χ2n) is 23.2. The number of carbonyl (C=O) groups excluding carboxylic acids is 1. The monoisotopic (exact) mass is 1240 g/mol. The maximum absolute atomic E-state index is 14.2. The fourth-order valence-corrected chi connectivity index (χ4v) is 13.7. The Morgan fingerprint density at radius 1 is 0.708 bits per heavy atom. The van der Waals surface area contributed by atoms with Gasteiger partial charge in [-0.15, -0.1) is 0 Å². The third kappa shape index (κ3) is 15.2. The van der Waals surface area contributed by atoms with Gasteiger partial charge >= 0.3 is 12.1 Å². The van der Waals surface area contributed by atoms with E-state index in [9.17, 15) is 31.5 Å². The molecule has 5 heterocycles. The number of fused-ring (bicyclic) bond motifs is 2. The summed E-state index contributed by atoms with van der Waals surface area (Å²) in [6.07, 6.45) is 3.47. The molecule has 0 amide bonds. The molecule has 0 radical (unpaired) electrons. The van der Waals surface area contributed by atoms with E-state index in [4.69, 9.17) is 29.2 Å². The number of aliphatic hydroxyl groups excluding tert-OH is 1. The first kappa shape index (κ1) is 62.7. The summed E-state index contributed by atoms with van der Waals surface area (Å²) in [4.78, 5) is 41.6. The summed E-state index contributed by atoms with van der Waals surface area (Å²) in [5.41, 5.74) is 7.34. The average Bonchev–Trinajstić information content (AvgIpc) is 2.33. The van der Waals surface area contributed by atoms with Crippen molar-refractivity contribution in [1.29, 1.82) is 0 Å². The molecule has 11 rings (SSSR count). The lowest BCUT2D eigenvalue weighted by molar-refractivity contribution is -0.142. The molecule has 3 fully saturated rings. The Morgan fingerprint density at radius 2 is 1.40 bits per heavy atom. The fraction of sp³-hybridized carbons (Fsp3) is 0.409. The molecule has 2 saturated heterocycles. The molecule has 8 aromatic rings. The van der Waals surface area contributed by atoms with Gasteiger partial charge in [0.1, 0.15) is 17.5 Å². The largest absolute Gasteiger partial charge is 0.467 e. The highest BCUT2D eigenvalue weighted by Gasteiger charge is 2.43. The van der Waals surface area contributed by atoms with Gasteiger partial charge in [-0.3, -0.25) is 14.5 Å². The summed E-state index contributed by atoms with van der Waals surface area (Å²) in [6, 6.07) is 35.8. The van der Waals surface area contributed by atoms with Crippen molar-refractivity contribution < 1.29 is 45.7 Å². The van der Waals surface area contributed by atoms with Crippen molar-refractivity contribution in [2.45, 2.75) is 80.2 Å². The lowest BCUT2D eigenvalue weighted by Gasteiger charge is -2.34. The summed E-state index contributed by atoms with van der Waals surface area (Å²) < 4.78 is 89.3. The molecule has 470 valence electrons. The smallest absolute Gasteiger partial charge is 0.390 e. The number of hydrogen-bond acceptors (Lipinski definition) is 17. The Morgan fingerprint density at radius 3 is 2.16 bits per heavy atom. The van der Waals surface area contributed by atoms with E-state index in [1.54, 1.807) is 42.7 Å². The molecule has 2 atom stereocenters. The Bertz CT molecular complexity index is 3810. The highest BCUT2D eigenvalue weighted by molar-refractivity contribution is 7.93. The number of anilines is 5. The Balaban J connectivity index is 0.659. The molecule has 5 aromatic carbocycles. The van der Waals surface area contributed by atoms with Crippen molar-refractivity contribution >= 4 is 66.9 Å². The lowest BCUT2D eigenvalue weighted by Crippen LogP contribution is -2.46. The number of carbonyl (C=O) groups is 1. The van der Waals surface area contributed by atoms with Crippen LogP contribution in [0.4, 0.5) is 42.3 Å². The molecule has 2 aliphatic heterocycles. The highest BCUT2D eigenvalue weighted by Crippen LogP contribution is 2.42. The van der Waals surface area contributed by atoms with E-state index in [0.717, 1.165) is 85.3 Å². The normalized spacial score (nSPS) is 18.6. The van der Waals surface area contributed by atoms with Crippen LogP contribution in [0.5, 0.6) is 0 Å². The van der Waals surface area contributed by atoms with Crippen LogP contribution >= 0.6 is 0 Å². The molecule has 0 spiro atoms. The summed E-state index contributed by atoms with van der Waals surface area (Å²) >= 11 is 0. The van der Waals surface area contributed by atoms with Gasteiger partial charge in [-0.25, -0.2) is 23.2 Å². The number of esters is 1. The van der Waals surface area contributed by atoms with Crippen LogP contribution in [0, 0.1) is 0 Å². The van der Waals surface area contributed by atoms with Crippen molar-refractivity contribution in [3.63, 3.8) is 0 Å². The first-order chi connectivity index (χ1) is 43.1. The number of halogens is 3. The van der Waals surface area contributed by atoms with Gasteiger partial charge in [0.05, 0.1) is 51.0 Å². The van der Waals surface area contributed by atoms with Crippen LogP contribution in [0.25, 0.3) is 44.1 Å². The topological polar surface area (TPSA) is 205 Å². The van der Waals surface area contributed by atoms with E-state index < -0.39 is 34.6 Å². The number of aromatic nitrogens is 5. The molecular weight excluding hydrogens is 1160 g/mol. The predicted molar refractivity (Wildman–Crippen MR) is 341 cm³/mol. The van der Waals surface area contributed by atoms with E-state index in [-0.39, 0.29) is 35.5 Å². The van der Waals surface area contributed by atoms with Crippen molar-refractivity contribution in [2.75, 3.05) is 125 Å². The summed E-state index contributed by atoms with van der Waals surface area (Å²) in [7, 11) is 1.19. The molecular formula is C66H77F3N12O7S. The van der Waals surface area contributed by atoms with E-state index in [0.29, 0.717) is 98.4 Å². The minimum Gasteiger partial charge on any atom is -0.467 e. The van der Waals surface area contributed by atoms with E-state index in [2.05, 4.69) is 65.2 Å². The standard InChI is InChI=1S/C66H77F3N12O7S/c1-77(2)58-16-8-15-54-53(58)14-9-17-59(54)89(84,85)76-49-13-7-12-48(40-49)55-41-72-65(74-61(55)80-30-26-52(60(80)63(83)86-3)46-10-5-4-6-11-46)71-29-36-87-38-39-88-37-35-78-31-33-79(34-32-78)43-45-18-20-47(21-19-45)57-44-81(50-22-24-51(82)25-23-50)62-56(57)42-73-64(75-62)70-28-27-66(67,68)69/h4-21,40-42,44,50-52,60,76,82H,22-39,43H2,1-3H3,(H,70,73,75)(H,71,72,74). The van der Waals surface area contributed by atoms with Gasteiger partial charge in [0.25, 0.3) is 10.0 Å². The molecule has 1 aliphatic carbocycles. The molecule has 3 aromatic heterocycles. The number of aliphatic hydroxyl groups is 1. The van der Waals surface area contributed by atoms with E-state index in [1.807, 2.05) is 84.6 Å². The van der Waals surface area contributed by atoms with Gasteiger partial charge < -0.3 is 44.3 Å². The second-order valence-corrected chi connectivity index (χ2v) is 24.9. The molecule has 4 N–H and O–H groups in total. The number of hydrogen-bond donors (Lipinski definition) is 4. The highest BCUT2D eigenvalue weighted by atomic mass is 32.2. The van der Waals surface area contributed by atoms with E-state index in [1.165, 1.54) is 12.7 Å². The SMILES string of the molecule is COC(=O)C1C(c2ccccc2)CCN1c1nc(NCCOCCOCCN2CCN(Cc3ccc(-c4cn(C5CCC(O)CC5)c5nc(NCCC(F)(F)F)ncc45)cc3)CC2)ncc1-c1cccc(NS(=O)(=O)c2cccc3c(N(C)C)cccc23)c1. The van der Waals surface area contributed by atoms with Crippen molar-refractivity contribution in [3.8, 4) is 22.3 Å². The fourth-order valence-electron chi connectivity index (χ4n) is 12.5. The number of methoxy groups -OCH3 is 1. The minimum atomic E-state index is -4.28. The first-order valence-corrected chi connectivity index (χ1v) is 32.0. The van der Waals surface area contributed by atoms with E-state index >= 15 is 0 Å². The maximum atomic E-state index is 14.2. The molecule has 23 heteroatoms. The molecule has 2 unspecified atom stereocenters. The van der Waals surface area contributed by atoms with Crippen LogP contribution in [0.15, 0.2) is 139 Å². The van der Waals surface area contributed by atoms with Crippen molar-refractivity contribution in [3.05, 3.63) is 145 Å². The summed E-state index contributed by atoms with van der Waals surface area (Å²) in [6.45, 7) is 7.69. The zero-order valence-electron chi connectivity index (χ0n) is 50.4. The molecule has 0 bridgehead atoms. The number of piperazine rings is 1. The number of nitrogens with one attached hydrogen (secondary N) is 3. The average molecular weight is 1240 g/mol. The molecule has 1 saturated carbocycles. The van der Waals surface area contributed by atoms with Crippen molar-refractivity contribution in [2.24, 2.45) is 0 Å². The maximum Gasteiger partial charge on any atom is 0.390 e. The number of ether oxygens (including phenoxy) is 3. The zero-order valence-corrected chi connectivity index (χ0v) is 51.2. The first-order valence-electron chi connectivity index (χ1n) is 30.5. The third-order valence-corrected chi connectivity index (χ3v) is 18.5. The van der Waals surface area contributed by atoms with Gasteiger partial charge in [0.15, 0.2) is 0 Å². The van der Waals surface area contributed by atoms with Gasteiger partial charge in [0.2, 0.25) is 11.9 Å². The quantitative estimate of drug-likeness (QED) is 0.0310. The van der Waals surface area contributed by atoms with Crippen LogP contribution in [0.2, 0.25) is 0 Å². The van der Waals surface area contributed by atoms with Gasteiger partial charge in [-0.2, -0.15) is 23.1 Å². The molecule has 3 aliphatic rings. The van der Waals surface area contributed by atoms with Gasteiger partial charge in [-0.1, -0.05) is 91.0 Å². The van der Waals surface area contributed by atoms with Crippen LogP contribution in [0.3, 0.4) is 0 Å². The number of benzene rings is 5. The Labute approximate surface area is 517 Å². The van der Waals surface area contributed by atoms with Crippen LogP contribution in [-0.4, -0.2) is 172 Å². The Hall–Kier alpha value is -7.93. The predicted octanol–water partition coefficient (Wildman–Crippen LogP) is 10.2. The molecule has 89 heavy (non-hydrogen) atoms. The third-order valence-electron chi connectivity index (χ3n) is 17.1. The number of sulfonamides is 1. The molecule has 19 nitrogen and oxygen atoms in total.